The number of hydrogen-bond acceptors (Lipinski definition) is 4. The fourth-order valence-electron chi connectivity index (χ4n) is 2.37. The lowest BCUT2D eigenvalue weighted by Crippen LogP contribution is -2.39. The highest BCUT2D eigenvalue weighted by atomic mass is 32.2. The Kier molecular flexibility index (Phi) is 5.25. The molecule has 2 rings (SSSR count). The molecule has 0 aromatic heterocycles. The molecule has 0 aliphatic carbocycles. The van der Waals surface area contributed by atoms with Gasteiger partial charge in [0.05, 0.1) is 19.1 Å². The lowest BCUT2D eigenvalue weighted by molar-refractivity contribution is 0.214. The van der Waals surface area contributed by atoms with Crippen molar-refractivity contribution in [1.82, 2.24) is 9.21 Å². The van der Waals surface area contributed by atoms with Gasteiger partial charge in [-0.2, -0.15) is 0 Å². The van der Waals surface area contributed by atoms with Crippen molar-refractivity contribution in [3.8, 4) is 5.75 Å². The van der Waals surface area contributed by atoms with E-state index in [1.54, 1.807) is 24.1 Å². The Balaban J connectivity index is 2.01. The highest BCUT2D eigenvalue weighted by molar-refractivity contribution is 7.88. The van der Waals surface area contributed by atoms with Crippen LogP contribution in [0.25, 0.3) is 0 Å². The molecule has 8 heteroatoms. The summed E-state index contributed by atoms with van der Waals surface area (Å²) in [5, 5.41) is 2.81. The Morgan fingerprint density at radius 2 is 1.91 bits per heavy atom. The molecule has 0 atom stereocenters. The average molecular weight is 327 g/mol. The number of hydrogen-bond donors (Lipinski definition) is 1. The van der Waals surface area contributed by atoms with Gasteiger partial charge in [0.1, 0.15) is 5.75 Å². The number of carbonyl (C=O) groups is 1. The number of sulfonamides is 1. The van der Waals surface area contributed by atoms with Gasteiger partial charge in [-0.25, -0.2) is 17.5 Å². The Labute approximate surface area is 130 Å². The maximum absolute atomic E-state index is 12.3. The Hall–Kier alpha value is -1.80. The van der Waals surface area contributed by atoms with Crippen molar-refractivity contribution in [2.75, 3.05) is 44.9 Å². The van der Waals surface area contributed by atoms with Gasteiger partial charge in [-0.15, -0.1) is 0 Å². The van der Waals surface area contributed by atoms with Crippen LogP contribution in [0.4, 0.5) is 10.5 Å². The first kappa shape index (κ1) is 16.6. The summed E-state index contributed by atoms with van der Waals surface area (Å²) in [6, 6.07) is 6.91. The van der Waals surface area contributed by atoms with Crippen LogP contribution in [0.2, 0.25) is 0 Å². The summed E-state index contributed by atoms with van der Waals surface area (Å²) in [4.78, 5) is 14.0. The number of methoxy groups -OCH3 is 1. The number of carbonyl (C=O) groups excluding carboxylic acids is 1. The van der Waals surface area contributed by atoms with Crippen LogP contribution in [-0.4, -0.2) is 63.2 Å². The molecule has 1 aromatic rings. The van der Waals surface area contributed by atoms with Crippen LogP contribution in [0, 0.1) is 0 Å². The maximum atomic E-state index is 12.3. The van der Waals surface area contributed by atoms with Gasteiger partial charge < -0.3 is 15.0 Å². The lowest BCUT2D eigenvalue weighted by Gasteiger charge is -2.22. The van der Waals surface area contributed by atoms with E-state index in [0.29, 0.717) is 44.0 Å². The van der Waals surface area contributed by atoms with Gasteiger partial charge in [-0.05, 0) is 18.6 Å². The Morgan fingerprint density at radius 1 is 1.18 bits per heavy atom. The fourth-order valence-corrected chi connectivity index (χ4v) is 3.24. The molecule has 1 aliphatic rings. The van der Waals surface area contributed by atoms with Crippen LogP contribution in [0.3, 0.4) is 0 Å². The molecular formula is C14H21N3O4S. The molecule has 1 N–H and O–H groups in total. The van der Waals surface area contributed by atoms with E-state index in [0.717, 1.165) is 0 Å². The summed E-state index contributed by atoms with van der Waals surface area (Å²) in [7, 11) is -1.67. The first-order valence-electron chi connectivity index (χ1n) is 7.06. The third-order valence-electron chi connectivity index (χ3n) is 3.56. The number of nitrogens with one attached hydrogen (secondary N) is 1. The van der Waals surface area contributed by atoms with Crippen LogP contribution in [-0.2, 0) is 10.0 Å². The van der Waals surface area contributed by atoms with Crippen molar-refractivity contribution in [2.45, 2.75) is 6.42 Å². The number of benzene rings is 1. The first-order chi connectivity index (χ1) is 10.4. The Morgan fingerprint density at radius 3 is 2.59 bits per heavy atom. The van der Waals surface area contributed by atoms with Crippen molar-refractivity contribution in [3.05, 3.63) is 24.3 Å². The summed E-state index contributed by atoms with van der Waals surface area (Å²) in [6.07, 6.45) is 1.81. The van der Waals surface area contributed by atoms with E-state index in [2.05, 4.69) is 5.32 Å². The molecule has 7 nitrogen and oxygen atoms in total. The Bertz CT molecular complexity index is 633. The van der Waals surface area contributed by atoms with E-state index in [9.17, 15) is 13.2 Å². The van der Waals surface area contributed by atoms with Gasteiger partial charge in [0.2, 0.25) is 10.0 Å². The second-order valence-corrected chi connectivity index (χ2v) is 7.12. The third kappa shape index (κ3) is 4.11. The smallest absolute Gasteiger partial charge is 0.321 e. The molecule has 0 radical (unpaired) electrons. The van der Waals surface area contributed by atoms with E-state index in [1.165, 1.54) is 10.6 Å². The predicted octanol–water partition coefficient (Wildman–Crippen LogP) is 1.19. The normalized spacial score (nSPS) is 16.9. The monoisotopic (exact) mass is 327 g/mol. The number of amides is 2. The summed E-state index contributed by atoms with van der Waals surface area (Å²) in [5.74, 6) is 0.587. The van der Waals surface area contributed by atoms with Gasteiger partial charge in [0.25, 0.3) is 0 Å². The zero-order valence-electron chi connectivity index (χ0n) is 12.8. The number of nitrogens with zero attached hydrogens (tertiary/aromatic N) is 2. The van der Waals surface area contributed by atoms with Crippen LogP contribution < -0.4 is 10.1 Å². The molecule has 0 bridgehead atoms. The van der Waals surface area contributed by atoms with Crippen molar-refractivity contribution in [3.63, 3.8) is 0 Å². The topological polar surface area (TPSA) is 79.0 Å². The number of ether oxygens (including phenoxy) is 1. The van der Waals surface area contributed by atoms with Gasteiger partial charge >= 0.3 is 6.03 Å². The molecule has 0 saturated carbocycles. The number of rotatable bonds is 3. The molecule has 1 aliphatic heterocycles. The highest BCUT2D eigenvalue weighted by Crippen LogP contribution is 2.23. The summed E-state index contributed by atoms with van der Waals surface area (Å²) in [6.45, 7) is 1.65. The maximum Gasteiger partial charge on any atom is 0.321 e. The minimum atomic E-state index is -3.21. The third-order valence-corrected chi connectivity index (χ3v) is 4.86. The largest absolute Gasteiger partial charge is 0.495 e. The van der Waals surface area contributed by atoms with Crippen molar-refractivity contribution in [2.24, 2.45) is 0 Å². The summed E-state index contributed by atoms with van der Waals surface area (Å²) < 4.78 is 29.8. The van der Waals surface area contributed by atoms with E-state index in [1.807, 2.05) is 12.1 Å². The standard InChI is InChI=1S/C14H21N3O4S/c1-21-13-7-4-3-6-12(13)15-14(18)16-8-5-9-17(11-10-16)22(2,19)20/h3-4,6-7H,5,8-11H2,1-2H3,(H,15,18). The zero-order chi connectivity index (χ0) is 16.2. The second-order valence-electron chi connectivity index (χ2n) is 5.13. The van der Waals surface area contributed by atoms with Crippen molar-refractivity contribution in [1.29, 1.82) is 0 Å². The van der Waals surface area contributed by atoms with Gasteiger partial charge in [0, 0.05) is 26.2 Å². The zero-order valence-corrected chi connectivity index (χ0v) is 13.6. The van der Waals surface area contributed by atoms with Gasteiger partial charge in [-0.1, -0.05) is 12.1 Å². The van der Waals surface area contributed by atoms with Gasteiger partial charge in [-0.3, -0.25) is 0 Å². The molecule has 1 fully saturated rings. The minimum absolute atomic E-state index is 0.250. The molecule has 0 unspecified atom stereocenters. The molecule has 122 valence electrons. The van der Waals surface area contributed by atoms with Crippen LogP contribution in [0.5, 0.6) is 5.75 Å². The van der Waals surface area contributed by atoms with Crippen LogP contribution >= 0.6 is 0 Å². The average Bonchev–Trinajstić information content (AvgIpc) is 2.73. The van der Waals surface area contributed by atoms with Crippen molar-refractivity contribution >= 4 is 21.7 Å². The molecule has 0 spiro atoms. The predicted molar refractivity (Wildman–Crippen MR) is 84.6 cm³/mol. The van der Waals surface area contributed by atoms with Crippen LogP contribution in [0.1, 0.15) is 6.42 Å². The first-order valence-corrected chi connectivity index (χ1v) is 8.90. The van der Waals surface area contributed by atoms with E-state index in [4.69, 9.17) is 4.74 Å². The molecule has 22 heavy (non-hydrogen) atoms. The quantitative estimate of drug-likeness (QED) is 0.904. The summed E-state index contributed by atoms with van der Waals surface area (Å²) in [5.41, 5.74) is 0.596. The minimum Gasteiger partial charge on any atom is -0.495 e. The molecule has 2 amide bonds. The second kappa shape index (κ2) is 6.97. The molecule has 1 aromatic carbocycles. The van der Waals surface area contributed by atoms with Crippen LogP contribution in [0.15, 0.2) is 24.3 Å². The number of urea groups is 1. The van der Waals surface area contributed by atoms with E-state index < -0.39 is 10.0 Å². The SMILES string of the molecule is COc1ccccc1NC(=O)N1CCCN(S(C)(=O)=O)CC1. The number of anilines is 1. The van der Waals surface area contributed by atoms with Crippen molar-refractivity contribution < 1.29 is 17.9 Å². The summed E-state index contributed by atoms with van der Waals surface area (Å²) >= 11 is 0. The van der Waals surface area contributed by atoms with E-state index >= 15 is 0 Å². The lowest BCUT2D eigenvalue weighted by atomic mass is 10.3. The fraction of sp³-hybridized carbons (Fsp3) is 0.500. The number of para-hydroxylation sites is 2. The highest BCUT2D eigenvalue weighted by Gasteiger charge is 2.24. The molecule has 1 saturated heterocycles. The molecule has 1 heterocycles. The van der Waals surface area contributed by atoms with E-state index in [-0.39, 0.29) is 6.03 Å². The molecular weight excluding hydrogens is 306 g/mol. The van der Waals surface area contributed by atoms with Gasteiger partial charge in [0.15, 0.2) is 0 Å².